The number of anilines is 3. The van der Waals surface area contributed by atoms with Crippen molar-refractivity contribution in [3.05, 3.63) is 82.0 Å². The molecule has 10 nitrogen and oxygen atoms in total. The molecular formula is C20H19N5O5S. The molecule has 0 atom stereocenters. The fourth-order valence-electron chi connectivity index (χ4n) is 2.78. The number of hydrogen-bond donors (Lipinski definition) is 3. The molecule has 160 valence electrons. The molecule has 0 aliphatic carbocycles. The number of nitrogens with two attached hydrogens (primary N) is 1. The predicted molar refractivity (Wildman–Crippen MR) is 116 cm³/mol. The Balaban J connectivity index is 1.81. The number of non-ortho nitro benzene ring substituents is 1. The number of nitro benzene ring substituents is 1. The molecule has 0 aliphatic rings. The summed E-state index contributed by atoms with van der Waals surface area (Å²) in [5, 5.41) is 17.0. The van der Waals surface area contributed by atoms with Crippen molar-refractivity contribution in [3.63, 3.8) is 0 Å². The zero-order valence-corrected chi connectivity index (χ0v) is 17.2. The highest BCUT2D eigenvalue weighted by atomic mass is 32.2. The molecule has 2 aromatic carbocycles. The van der Waals surface area contributed by atoms with Gasteiger partial charge in [-0.2, -0.15) is 0 Å². The Bertz CT molecular complexity index is 1240. The monoisotopic (exact) mass is 441 g/mol. The second kappa shape index (κ2) is 8.79. The minimum Gasteiger partial charge on any atom is -0.380 e. The molecule has 0 saturated heterocycles. The number of nitro groups is 1. The van der Waals surface area contributed by atoms with Crippen molar-refractivity contribution >= 4 is 38.6 Å². The van der Waals surface area contributed by atoms with Crippen LogP contribution in [0.15, 0.2) is 65.7 Å². The average Bonchev–Trinajstić information content (AvgIpc) is 2.72. The highest BCUT2D eigenvalue weighted by Crippen LogP contribution is 2.23. The molecule has 0 bridgehead atoms. The number of benzene rings is 2. The number of primary amides is 1. The first-order valence-electron chi connectivity index (χ1n) is 8.97. The number of nitrogens with zero attached hydrogens (tertiary/aromatic N) is 2. The Labute approximate surface area is 178 Å². The Hall–Kier alpha value is -3.99. The van der Waals surface area contributed by atoms with Gasteiger partial charge in [0.15, 0.2) is 9.84 Å². The molecule has 0 saturated carbocycles. The van der Waals surface area contributed by atoms with Gasteiger partial charge in [0.1, 0.15) is 5.82 Å². The van der Waals surface area contributed by atoms with Crippen molar-refractivity contribution in [1.29, 1.82) is 0 Å². The minimum absolute atomic E-state index is 0.0379. The van der Waals surface area contributed by atoms with Crippen LogP contribution in [0.5, 0.6) is 0 Å². The molecule has 0 spiro atoms. The van der Waals surface area contributed by atoms with E-state index >= 15 is 0 Å². The van der Waals surface area contributed by atoms with Crippen molar-refractivity contribution in [3.8, 4) is 0 Å². The van der Waals surface area contributed by atoms with Crippen LogP contribution < -0.4 is 16.4 Å². The first-order chi connectivity index (χ1) is 14.6. The van der Waals surface area contributed by atoms with Gasteiger partial charge in [0, 0.05) is 42.9 Å². The number of sulfone groups is 1. The zero-order chi connectivity index (χ0) is 22.6. The lowest BCUT2D eigenvalue weighted by Crippen LogP contribution is -2.15. The SMILES string of the molecule is CS(=O)(=O)c1ccc(Nc2cc(NCc3cccc([N+](=O)[O-])c3)c(C(N)=O)cn2)cc1. The summed E-state index contributed by atoms with van der Waals surface area (Å²) < 4.78 is 23.1. The number of rotatable bonds is 8. The average molecular weight is 441 g/mol. The van der Waals surface area contributed by atoms with Crippen LogP contribution in [0.1, 0.15) is 15.9 Å². The second-order valence-electron chi connectivity index (χ2n) is 6.68. The van der Waals surface area contributed by atoms with Gasteiger partial charge in [-0.25, -0.2) is 13.4 Å². The van der Waals surface area contributed by atoms with Gasteiger partial charge in [0.05, 0.1) is 21.1 Å². The molecule has 31 heavy (non-hydrogen) atoms. The first-order valence-corrected chi connectivity index (χ1v) is 10.9. The zero-order valence-electron chi connectivity index (χ0n) is 16.4. The third-order valence-electron chi connectivity index (χ3n) is 4.33. The lowest BCUT2D eigenvalue weighted by molar-refractivity contribution is -0.384. The standard InChI is InChI=1S/C20H19N5O5S/c1-31(29,30)16-7-5-14(6-8-16)24-19-10-18(17(12-23-19)20(21)26)22-11-13-3-2-4-15(9-13)25(27)28/h2-10,12H,11H2,1H3,(H2,21,26)(H2,22,23,24). The smallest absolute Gasteiger partial charge is 0.269 e. The van der Waals surface area contributed by atoms with Gasteiger partial charge >= 0.3 is 0 Å². The number of carbonyl (C=O) groups is 1. The molecule has 3 rings (SSSR count). The van der Waals surface area contributed by atoms with Gasteiger partial charge in [0.2, 0.25) is 0 Å². The summed E-state index contributed by atoms with van der Waals surface area (Å²) in [7, 11) is -3.30. The van der Waals surface area contributed by atoms with Crippen LogP contribution in [-0.2, 0) is 16.4 Å². The van der Waals surface area contributed by atoms with E-state index in [1.165, 1.54) is 30.5 Å². The van der Waals surface area contributed by atoms with Gasteiger partial charge in [-0.1, -0.05) is 12.1 Å². The molecule has 1 heterocycles. The maximum atomic E-state index is 11.8. The number of aromatic nitrogens is 1. The Kier molecular flexibility index (Phi) is 6.16. The van der Waals surface area contributed by atoms with E-state index in [0.717, 1.165) is 6.26 Å². The van der Waals surface area contributed by atoms with E-state index in [1.54, 1.807) is 30.3 Å². The van der Waals surface area contributed by atoms with Crippen LogP contribution in [0.25, 0.3) is 0 Å². The maximum absolute atomic E-state index is 11.8. The van der Waals surface area contributed by atoms with Gasteiger partial charge in [-0.3, -0.25) is 14.9 Å². The van der Waals surface area contributed by atoms with Crippen molar-refractivity contribution in [2.75, 3.05) is 16.9 Å². The van der Waals surface area contributed by atoms with Gasteiger partial charge in [-0.05, 0) is 29.8 Å². The molecule has 0 aliphatic heterocycles. The van der Waals surface area contributed by atoms with Crippen LogP contribution in [0.2, 0.25) is 0 Å². The summed E-state index contributed by atoms with van der Waals surface area (Å²) in [5.74, 6) is -0.295. The van der Waals surface area contributed by atoms with E-state index in [2.05, 4.69) is 15.6 Å². The fraction of sp³-hybridized carbons (Fsp3) is 0.100. The van der Waals surface area contributed by atoms with Crippen LogP contribution in [0, 0.1) is 10.1 Å². The van der Waals surface area contributed by atoms with E-state index in [-0.39, 0.29) is 22.7 Å². The largest absolute Gasteiger partial charge is 0.380 e. The normalized spacial score (nSPS) is 11.0. The quantitative estimate of drug-likeness (QED) is 0.356. The second-order valence-corrected chi connectivity index (χ2v) is 8.70. The van der Waals surface area contributed by atoms with E-state index in [0.29, 0.717) is 22.8 Å². The van der Waals surface area contributed by atoms with E-state index in [4.69, 9.17) is 5.73 Å². The molecule has 0 radical (unpaired) electrons. The molecule has 0 fully saturated rings. The van der Waals surface area contributed by atoms with Crippen LogP contribution in [-0.4, -0.2) is 30.5 Å². The van der Waals surface area contributed by atoms with E-state index in [1.807, 2.05) is 0 Å². The number of hydrogen-bond acceptors (Lipinski definition) is 8. The highest BCUT2D eigenvalue weighted by molar-refractivity contribution is 7.90. The number of nitrogens with one attached hydrogen (secondary N) is 2. The summed E-state index contributed by atoms with van der Waals surface area (Å²) in [5.41, 5.74) is 7.17. The summed E-state index contributed by atoms with van der Waals surface area (Å²) in [6.45, 7) is 0.217. The number of carbonyl (C=O) groups excluding carboxylic acids is 1. The lowest BCUT2D eigenvalue weighted by Gasteiger charge is -2.13. The van der Waals surface area contributed by atoms with E-state index < -0.39 is 20.7 Å². The maximum Gasteiger partial charge on any atom is 0.269 e. The predicted octanol–water partition coefficient (Wildman–Crippen LogP) is 2.85. The summed E-state index contributed by atoms with van der Waals surface area (Å²) in [6.07, 6.45) is 2.43. The first kappa shape index (κ1) is 21.7. The Morgan fingerprint density at radius 3 is 2.48 bits per heavy atom. The topological polar surface area (TPSA) is 157 Å². The third kappa shape index (κ3) is 5.54. The van der Waals surface area contributed by atoms with Crippen LogP contribution >= 0.6 is 0 Å². The summed E-state index contributed by atoms with van der Waals surface area (Å²) in [4.78, 5) is 26.6. The summed E-state index contributed by atoms with van der Waals surface area (Å²) in [6, 6.07) is 13.8. The summed E-state index contributed by atoms with van der Waals surface area (Å²) >= 11 is 0. The van der Waals surface area contributed by atoms with Crippen molar-refractivity contribution in [1.82, 2.24) is 4.98 Å². The number of pyridine rings is 1. The third-order valence-corrected chi connectivity index (χ3v) is 5.46. The minimum atomic E-state index is -3.30. The lowest BCUT2D eigenvalue weighted by atomic mass is 10.1. The molecule has 1 aromatic heterocycles. The molecule has 0 unspecified atom stereocenters. The van der Waals surface area contributed by atoms with Crippen molar-refractivity contribution in [2.45, 2.75) is 11.4 Å². The van der Waals surface area contributed by atoms with Gasteiger partial charge in [-0.15, -0.1) is 0 Å². The Morgan fingerprint density at radius 2 is 1.87 bits per heavy atom. The van der Waals surface area contributed by atoms with E-state index in [9.17, 15) is 23.3 Å². The molecular weight excluding hydrogens is 422 g/mol. The fourth-order valence-corrected chi connectivity index (χ4v) is 3.41. The molecule has 3 aromatic rings. The van der Waals surface area contributed by atoms with Crippen molar-refractivity contribution in [2.24, 2.45) is 5.73 Å². The molecule has 4 N–H and O–H groups in total. The highest BCUT2D eigenvalue weighted by Gasteiger charge is 2.12. The Morgan fingerprint density at radius 1 is 1.16 bits per heavy atom. The van der Waals surface area contributed by atoms with Crippen molar-refractivity contribution < 1.29 is 18.1 Å². The van der Waals surface area contributed by atoms with Crippen LogP contribution in [0.3, 0.4) is 0 Å². The molecule has 11 heteroatoms. The molecule has 1 amide bonds. The number of amides is 1. The van der Waals surface area contributed by atoms with Gasteiger partial charge < -0.3 is 16.4 Å². The van der Waals surface area contributed by atoms with Crippen LogP contribution in [0.4, 0.5) is 22.9 Å². The van der Waals surface area contributed by atoms with Gasteiger partial charge in [0.25, 0.3) is 11.6 Å².